The minimum Gasteiger partial charge on any atom is -0.312 e. The van der Waals surface area contributed by atoms with E-state index >= 15 is 0 Å². The van der Waals surface area contributed by atoms with E-state index in [1.807, 2.05) is 6.07 Å². The Morgan fingerprint density at radius 1 is 1.38 bits per heavy atom. The van der Waals surface area contributed by atoms with E-state index in [1.54, 1.807) is 12.1 Å². The molecule has 1 aromatic carbocycles. The molecule has 1 aliphatic rings. The van der Waals surface area contributed by atoms with Gasteiger partial charge < -0.3 is 5.32 Å². The second kappa shape index (κ2) is 4.54. The first-order chi connectivity index (χ1) is 7.62. The molecule has 2 rings (SSSR count). The van der Waals surface area contributed by atoms with Gasteiger partial charge in [0.1, 0.15) is 5.82 Å². The fourth-order valence-corrected chi connectivity index (χ4v) is 2.22. The maximum absolute atomic E-state index is 12.9. The van der Waals surface area contributed by atoms with Gasteiger partial charge in [0.25, 0.3) is 0 Å². The summed E-state index contributed by atoms with van der Waals surface area (Å²) >= 11 is 0. The van der Waals surface area contributed by atoms with Crippen LogP contribution in [0.15, 0.2) is 24.3 Å². The predicted octanol–water partition coefficient (Wildman–Crippen LogP) is 3.35. The van der Waals surface area contributed by atoms with Crippen molar-refractivity contribution in [2.75, 3.05) is 6.54 Å². The van der Waals surface area contributed by atoms with Gasteiger partial charge in [-0.1, -0.05) is 26.0 Å². The summed E-state index contributed by atoms with van der Waals surface area (Å²) < 4.78 is 12.9. The van der Waals surface area contributed by atoms with E-state index in [2.05, 4.69) is 19.2 Å². The van der Waals surface area contributed by atoms with Crippen LogP contribution in [0.3, 0.4) is 0 Å². The third-order valence-corrected chi connectivity index (χ3v) is 3.81. The number of hydrogen-bond donors (Lipinski definition) is 1. The standard InChI is InChI=1S/C14H20FN/c1-11(2)14(6-7-14)10-16-9-12-4-3-5-13(15)8-12/h3-5,8,11,16H,6-7,9-10H2,1-2H3. The van der Waals surface area contributed by atoms with Crippen molar-refractivity contribution >= 4 is 0 Å². The fraction of sp³-hybridized carbons (Fsp3) is 0.571. The van der Waals surface area contributed by atoms with Gasteiger partial charge >= 0.3 is 0 Å². The summed E-state index contributed by atoms with van der Waals surface area (Å²) in [6, 6.07) is 6.81. The summed E-state index contributed by atoms with van der Waals surface area (Å²) in [4.78, 5) is 0. The van der Waals surface area contributed by atoms with Crippen LogP contribution in [0, 0.1) is 17.2 Å². The number of nitrogens with one attached hydrogen (secondary N) is 1. The molecular formula is C14H20FN. The molecule has 88 valence electrons. The van der Waals surface area contributed by atoms with Crippen molar-refractivity contribution in [3.63, 3.8) is 0 Å². The van der Waals surface area contributed by atoms with E-state index in [4.69, 9.17) is 0 Å². The first-order valence-corrected chi connectivity index (χ1v) is 6.08. The summed E-state index contributed by atoms with van der Waals surface area (Å²) in [5.74, 6) is 0.594. The molecule has 1 fully saturated rings. The number of benzene rings is 1. The van der Waals surface area contributed by atoms with Gasteiger partial charge in [-0.15, -0.1) is 0 Å². The highest BCUT2D eigenvalue weighted by molar-refractivity contribution is 5.16. The van der Waals surface area contributed by atoms with E-state index in [0.717, 1.165) is 24.6 Å². The minimum absolute atomic E-state index is 0.149. The van der Waals surface area contributed by atoms with Crippen molar-refractivity contribution in [2.45, 2.75) is 33.2 Å². The van der Waals surface area contributed by atoms with Gasteiger partial charge in [-0.2, -0.15) is 0 Å². The van der Waals surface area contributed by atoms with Crippen molar-refractivity contribution in [2.24, 2.45) is 11.3 Å². The largest absolute Gasteiger partial charge is 0.312 e. The maximum atomic E-state index is 12.9. The molecule has 0 aliphatic heterocycles. The molecule has 0 heterocycles. The minimum atomic E-state index is -0.149. The zero-order chi connectivity index (χ0) is 11.6. The first kappa shape index (κ1) is 11.6. The molecule has 0 saturated heterocycles. The monoisotopic (exact) mass is 221 g/mol. The zero-order valence-corrected chi connectivity index (χ0v) is 10.1. The number of halogens is 1. The summed E-state index contributed by atoms with van der Waals surface area (Å²) in [6.45, 7) is 6.40. The highest BCUT2D eigenvalue weighted by atomic mass is 19.1. The Bertz CT molecular complexity index is 356. The van der Waals surface area contributed by atoms with E-state index in [0.29, 0.717) is 5.41 Å². The highest BCUT2D eigenvalue weighted by Gasteiger charge is 2.44. The van der Waals surface area contributed by atoms with Crippen molar-refractivity contribution in [1.82, 2.24) is 5.32 Å². The van der Waals surface area contributed by atoms with Gasteiger partial charge in [0.2, 0.25) is 0 Å². The smallest absolute Gasteiger partial charge is 0.123 e. The van der Waals surface area contributed by atoms with Crippen molar-refractivity contribution in [1.29, 1.82) is 0 Å². The second-order valence-electron chi connectivity index (χ2n) is 5.25. The quantitative estimate of drug-likeness (QED) is 0.804. The van der Waals surface area contributed by atoms with Crippen molar-refractivity contribution in [3.05, 3.63) is 35.6 Å². The van der Waals surface area contributed by atoms with E-state index in [9.17, 15) is 4.39 Å². The third kappa shape index (κ3) is 2.62. The lowest BCUT2D eigenvalue weighted by atomic mass is 9.92. The third-order valence-electron chi connectivity index (χ3n) is 3.81. The molecule has 2 heteroatoms. The maximum Gasteiger partial charge on any atom is 0.123 e. The summed E-state index contributed by atoms with van der Waals surface area (Å²) in [6.07, 6.45) is 2.67. The average molecular weight is 221 g/mol. The van der Waals surface area contributed by atoms with Gasteiger partial charge in [0.05, 0.1) is 0 Å². The summed E-state index contributed by atoms with van der Waals surface area (Å²) in [5.41, 5.74) is 1.55. The number of rotatable bonds is 5. The van der Waals surface area contributed by atoms with Crippen molar-refractivity contribution < 1.29 is 4.39 Å². The molecule has 1 nitrogen and oxygen atoms in total. The average Bonchev–Trinajstić information content (AvgIpc) is 2.99. The van der Waals surface area contributed by atoms with Crippen LogP contribution >= 0.6 is 0 Å². The van der Waals surface area contributed by atoms with Crippen LogP contribution in [0.2, 0.25) is 0 Å². The van der Waals surface area contributed by atoms with Gasteiger partial charge in [-0.05, 0) is 41.9 Å². The van der Waals surface area contributed by atoms with Crippen LogP contribution in [-0.2, 0) is 6.54 Å². The molecule has 0 atom stereocenters. The molecule has 0 amide bonds. The lowest BCUT2D eigenvalue weighted by molar-refractivity contribution is 0.337. The van der Waals surface area contributed by atoms with Gasteiger partial charge in [0.15, 0.2) is 0 Å². The van der Waals surface area contributed by atoms with Crippen LogP contribution in [0.5, 0.6) is 0 Å². The molecule has 1 N–H and O–H groups in total. The normalized spacial score (nSPS) is 17.8. The Morgan fingerprint density at radius 2 is 2.12 bits per heavy atom. The van der Waals surface area contributed by atoms with Gasteiger partial charge in [-0.25, -0.2) is 4.39 Å². The Balaban J connectivity index is 1.80. The molecular weight excluding hydrogens is 201 g/mol. The molecule has 0 unspecified atom stereocenters. The SMILES string of the molecule is CC(C)C1(CNCc2cccc(F)c2)CC1. The summed E-state index contributed by atoms with van der Waals surface area (Å²) in [7, 11) is 0. The van der Waals surface area contributed by atoms with E-state index in [1.165, 1.54) is 18.9 Å². The molecule has 1 aromatic rings. The lowest BCUT2D eigenvalue weighted by Gasteiger charge is -2.20. The fourth-order valence-electron chi connectivity index (χ4n) is 2.22. The molecule has 0 radical (unpaired) electrons. The summed E-state index contributed by atoms with van der Waals surface area (Å²) in [5, 5.41) is 3.45. The topological polar surface area (TPSA) is 12.0 Å². The van der Waals surface area contributed by atoms with Crippen LogP contribution in [-0.4, -0.2) is 6.54 Å². The molecule has 0 bridgehead atoms. The predicted molar refractivity (Wildman–Crippen MR) is 64.6 cm³/mol. The molecule has 0 spiro atoms. The molecule has 1 saturated carbocycles. The molecule has 1 aliphatic carbocycles. The van der Waals surface area contributed by atoms with Crippen LogP contribution < -0.4 is 5.32 Å². The Hall–Kier alpha value is -0.890. The Morgan fingerprint density at radius 3 is 2.69 bits per heavy atom. The zero-order valence-electron chi connectivity index (χ0n) is 10.1. The van der Waals surface area contributed by atoms with Gasteiger partial charge in [-0.3, -0.25) is 0 Å². The van der Waals surface area contributed by atoms with Crippen LogP contribution in [0.4, 0.5) is 4.39 Å². The van der Waals surface area contributed by atoms with Gasteiger partial charge in [0, 0.05) is 13.1 Å². The molecule has 0 aromatic heterocycles. The van der Waals surface area contributed by atoms with Crippen LogP contribution in [0.1, 0.15) is 32.3 Å². The lowest BCUT2D eigenvalue weighted by Crippen LogP contribution is -2.27. The van der Waals surface area contributed by atoms with E-state index in [-0.39, 0.29) is 5.82 Å². The van der Waals surface area contributed by atoms with Crippen LogP contribution in [0.25, 0.3) is 0 Å². The molecule has 16 heavy (non-hydrogen) atoms. The Kier molecular flexibility index (Phi) is 3.29. The Labute approximate surface area is 97.1 Å². The highest BCUT2D eigenvalue weighted by Crippen LogP contribution is 2.51. The van der Waals surface area contributed by atoms with Crippen molar-refractivity contribution in [3.8, 4) is 0 Å². The van der Waals surface area contributed by atoms with E-state index < -0.39 is 0 Å². The number of hydrogen-bond acceptors (Lipinski definition) is 1. The second-order valence-corrected chi connectivity index (χ2v) is 5.25. The first-order valence-electron chi connectivity index (χ1n) is 6.08.